The van der Waals surface area contributed by atoms with Gasteiger partial charge in [-0.2, -0.15) is 0 Å². The molecule has 1 aromatic rings. The molecule has 2 unspecified atom stereocenters. The number of rotatable bonds is 2. The van der Waals surface area contributed by atoms with E-state index in [0.717, 1.165) is 15.5 Å². The molecule has 3 atom stereocenters. The third kappa shape index (κ3) is 1.73. The van der Waals surface area contributed by atoms with Crippen LogP contribution < -0.4 is 5.73 Å². The predicted octanol–water partition coefficient (Wildman–Crippen LogP) is 0.354. The molecule has 0 aromatic carbocycles. The summed E-state index contributed by atoms with van der Waals surface area (Å²) in [5.74, 6) is -0.0548. The second-order valence-corrected chi connectivity index (χ2v) is 7.73. The Balaban J connectivity index is 1.77. The van der Waals surface area contributed by atoms with Gasteiger partial charge in [-0.25, -0.2) is 4.79 Å². The average Bonchev–Trinajstić information content (AvgIpc) is 2.86. The number of hydrogen-bond acceptors (Lipinski definition) is 9. The zero-order valence-corrected chi connectivity index (χ0v) is 13.3. The zero-order valence-electron chi connectivity index (χ0n) is 10.8. The first-order valence-corrected chi connectivity index (χ1v) is 8.84. The summed E-state index contributed by atoms with van der Waals surface area (Å²) < 4.78 is 8.79. The van der Waals surface area contributed by atoms with Crippen molar-refractivity contribution in [2.45, 2.75) is 21.7 Å². The quantitative estimate of drug-likeness (QED) is 0.607. The Morgan fingerprint density at radius 3 is 3.05 bits per heavy atom. The van der Waals surface area contributed by atoms with Crippen molar-refractivity contribution >= 4 is 46.9 Å². The molecule has 0 spiro atoms. The van der Waals surface area contributed by atoms with Crippen LogP contribution in [0, 0.1) is 0 Å². The van der Waals surface area contributed by atoms with E-state index in [1.54, 1.807) is 23.5 Å². The fraction of sp³-hybridized carbons (Fsp3) is 0.455. The fourth-order valence-electron chi connectivity index (χ4n) is 2.59. The van der Waals surface area contributed by atoms with Gasteiger partial charge in [0.05, 0.1) is 17.2 Å². The normalized spacial score (nSPS) is 30.3. The lowest BCUT2D eigenvalue weighted by molar-refractivity contribution is -0.149. The Kier molecular flexibility index (Phi) is 3.03. The van der Waals surface area contributed by atoms with Gasteiger partial charge >= 0.3 is 5.97 Å². The van der Waals surface area contributed by atoms with Gasteiger partial charge in [-0.1, -0.05) is 16.3 Å². The molecule has 10 heteroatoms. The summed E-state index contributed by atoms with van der Waals surface area (Å²) in [4.78, 5) is 26.7. The molecule has 3 aliphatic rings. The van der Waals surface area contributed by atoms with E-state index in [0.29, 0.717) is 11.4 Å². The monoisotopic (exact) mass is 342 g/mol. The van der Waals surface area contributed by atoms with Gasteiger partial charge in [-0.05, 0) is 17.1 Å². The average molecular weight is 342 g/mol. The number of nitrogens with two attached hydrogens (primary N) is 1. The van der Waals surface area contributed by atoms with E-state index in [1.807, 2.05) is 0 Å². The van der Waals surface area contributed by atoms with Crippen LogP contribution in [0.2, 0.25) is 0 Å². The van der Waals surface area contributed by atoms with Crippen LogP contribution >= 0.6 is 35.1 Å². The van der Waals surface area contributed by atoms with Gasteiger partial charge in [0.2, 0.25) is 5.91 Å². The summed E-state index contributed by atoms with van der Waals surface area (Å²) in [5.41, 5.74) is 7.05. The molecule has 1 aromatic heterocycles. The molecule has 0 radical (unpaired) electrons. The number of fused-ring (bicyclic) bond motifs is 2. The molecule has 3 aliphatic heterocycles. The molecule has 1 saturated heterocycles. The number of nitrogens with zero attached hydrogens (tertiary/aromatic N) is 3. The van der Waals surface area contributed by atoms with Crippen LogP contribution in [0.1, 0.15) is 10.1 Å². The lowest BCUT2D eigenvalue weighted by atomic mass is 10.0. The van der Waals surface area contributed by atoms with Crippen molar-refractivity contribution in [2.24, 2.45) is 5.73 Å². The van der Waals surface area contributed by atoms with Crippen molar-refractivity contribution in [1.82, 2.24) is 14.5 Å². The van der Waals surface area contributed by atoms with Crippen LogP contribution in [0.3, 0.4) is 0 Å². The SMILES string of the molecule is COC(=O)C1=C(C2Sc3nnsc32)CS[C@H]2C(N)C(=O)N12. The van der Waals surface area contributed by atoms with Crippen LogP contribution in [0.15, 0.2) is 16.3 Å². The Labute approximate surface area is 132 Å². The Morgan fingerprint density at radius 1 is 1.52 bits per heavy atom. The predicted molar refractivity (Wildman–Crippen MR) is 78.6 cm³/mol. The highest BCUT2D eigenvalue weighted by atomic mass is 32.2. The topological polar surface area (TPSA) is 98.4 Å². The summed E-state index contributed by atoms with van der Waals surface area (Å²) in [7, 11) is 1.32. The smallest absolute Gasteiger partial charge is 0.354 e. The van der Waals surface area contributed by atoms with Gasteiger partial charge in [-0.15, -0.1) is 16.9 Å². The summed E-state index contributed by atoms with van der Waals surface area (Å²) in [6.45, 7) is 0. The van der Waals surface area contributed by atoms with Crippen molar-refractivity contribution in [1.29, 1.82) is 0 Å². The van der Waals surface area contributed by atoms with Gasteiger partial charge < -0.3 is 10.5 Å². The third-order valence-corrected chi connectivity index (χ3v) is 7.35. The molecule has 4 rings (SSSR count). The number of aromatic nitrogens is 2. The van der Waals surface area contributed by atoms with Gasteiger partial charge in [0, 0.05) is 5.75 Å². The van der Waals surface area contributed by atoms with E-state index < -0.39 is 12.0 Å². The molecular formula is C11H10N4O3S3. The maximum Gasteiger partial charge on any atom is 0.354 e. The summed E-state index contributed by atoms with van der Waals surface area (Å²) >= 11 is 4.48. The van der Waals surface area contributed by atoms with Crippen molar-refractivity contribution in [3.05, 3.63) is 16.1 Å². The van der Waals surface area contributed by atoms with Crippen molar-refractivity contribution in [2.75, 3.05) is 12.9 Å². The van der Waals surface area contributed by atoms with Crippen LogP contribution in [-0.4, -0.2) is 50.6 Å². The minimum atomic E-state index is -0.536. The van der Waals surface area contributed by atoms with Crippen LogP contribution in [0.5, 0.6) is 0 Å². The van der Waals surface area contributed by atoms with E-state index in [4.69, 9.17) is 10.5 Å². The number of β-lactam (4-membered cyclic amide) rings is 1. The first kappa shape index (κ1) is 13.6. The number of hydrogen-bond donors (Lipinski definition) is 1. The van der Waals surface area contributed by atoms with Crippen LogP contribution in [0.25, 0.3) is 0 Å². The molecule has 2 N–H and O–H groups in total. The van der Waals surface area contributed by atoms with Gasteiger partial charge in [-0.3, -0.25) is 9.69 Å². The molecule has 0 bridgehead atoms. The highest BCUT2D eigenvalue weighted by Gasteiger charge is 2.54. The molecule has 21 heavy (non-hydrogen) atoms. The minimum absolute atomic E-state index is 0.0344. The fourth-order valence-corrected chi connectivity index (χ4v) is 6.10. The summed E-state index contributed by atoms with van der Waals surface area (Å²) in [6, 6.07) is -0.536. The largest absolute Gasteiger partial charge is 0.464 e. The third-order valence-electron chi connectivity index (χ3n) is 3.68. The molecule has 0 aliphatic carbocycles. The molecule has 110 valence electrons. The number of esters is 1. The number of ether oxygens (including phenoxy) is 1. The molecule has 0 saturated carbocycles. The molecule has 1 amide bonds. The lowest BCUT2D eigenvalue weighted by Crippen LogP contribution is -2.68. The minimum Gasteiger partial charge on any atom is -0.464 e. The maximum atomic E-state index is 12.2. The van der Waals surface area contributed by atoms with Crippen molar-refractivity contribution in [3.8, 4) is 0 Å². The van der Waals surface area contributed by atoms with Gasteiger partial charge in [0.1, 0.15) is 22.1 Å². The summed E-state index contributed by atoms with van der Waals surface area (Å²) in [5, 5.41) is 4.77. The second-order valence-electron chi connectivity index (χ2n) is 4.74. The first-order valence-electron chi connectivity index (χ1n) is 6.14. The number of amides is 1. The highest BCUT2D eigenvalue weighted by Crippen LogP contribution is 2.57. The van der Waals surface area contributed by atoms with E-state index in [9.17, 15) is 9.59 Å². The van der Waals surface area contributed by atoms with E-state index in [1.165, 1.54) is 23.5 Å². The molecule has 1 fully saturated rings. The van der Waals surface area contributed by atoms with Gasteiger partial charge in [0.15, 0.2) is 0 Å². The van der Waals surface area contributed by atoms with E-state index in [-0.39, 0.29) is 16.5 Å². The standard InChI is InChI=1S/C11H10N4O3S3/c1-18-11(17)5-3(6-7-8(20-6)13-14-21-7)2-19-10-4(12)9(16)15(5)10/h4,6,10H,2,12H2,1H3/t4?,6?,10-/m0/s1. The Hall–Kier alpha value is -1.10. The van der Waals surface area contributed by atoms with Crippen LogP contribution in [0.4, 0.5) is 0 Å². The molecular weight excluding hydrogens is 332 g/mol. The number of methoxy groups -OCH3 is 1. The number of carbonyl (C=O) groups is 2. The number of thioether (sulfide) groups is 2. The van der Waals surface area contributed by atoms with Gasteiger partial charge in [0.25, 0.3) is 0 Å². The van der Waals surface area contributed by atoms with Crippen LogP contribution in [-0.2, 0) is 14.3 Å². The van der Waals surface area contributed by atoms with E-state index >= 15 is 0 Å². The lowest BCUT2D eigenvalue weighted by Gasteiger charge is -2.49. The molecule has 4 heterocycles. The number of carbonyl (C=O) groups excluding carboxylic acids is 2. The van der Waals surface area contributed by atoms with Crippen molar-refractivity contribution in [3.63, 3.8) is 0 Å². The Bertz CT molecular complexity index is 688. The zero-order chi connectivity index (χ0) is 14.7. The molecule has 7 nitrogen and oxygen atoms in total. The summed E-state index contributed by atoms with van der Waals surface area (Å²) in [6.07, 6.45) is 0. The Morgan fingerprint density at radius 2 is 2.33 bits per heavy atom. The van der Waals surface area contributed by atoms with E-state index in [2.05, 4.69) is 9.59 Å². The first-order chi connectivity index (χ1) is 10.1. The second kappa shape index (κ2) is 4.70. The highest BCUT2D eigenvalue weighted by molar-refractivity contribution is 8.02. The maximum absolute atomic E-state index is 12.2. The van der Waals surface area contributed by atoms with Crippen molar-refractivity contribution < 1.29 is 14.3 Å².